The van der Waals surface area contributed by atoms with Crippen molar-refractivity contribution in [3.05, 3.63) is 0 Å². The first-order chi connectivity index (χ1) is 9.56. The van der Waals surface area contributed by atoms with Crippen molar-refractivity contribution in [3.8, 4) is 0 Å². The fraction of sp³-hybridized carbons (Fsp3) is 1.00. The van der Waals surface area contributed by atoms with E-state index in [1.54, 1.807) is 7.11 Å². The summed E-state index contributed by atoms with van der Waals surface area (Å²) >= 11 is 0. The molecule has 0 aromatic carbocycles. The van der Waals surface area contributed by atoms with E-state index < -0.39 is 0 Å². The first-order valence-corrected chi connectivity index (χ1v) is 8.00. The normalized spacial score (nSPS) is 16.4. The van der Waals surface area contributed by atoms with Gasteiger partial charge < -0.3 is 19.1 Å². The lowest BCUT2D eigenvalue weighted by Crippen LogP contribution is -2.33. The molecule has 0 radical (unpaired) electrons. The maximum atomic E-state index is 5.50. The highest BCUT2D eigenvalue weighted by Crippen LogP contribution is 2.07. The molecule has 0 spiro atoms. The van der Waals surface area contributed by atoms with Crippen molar-refractivity contribution in [3.63, 3.8) is 0 Å². The maximum Gasteiger partial charge on any atom is 0.0703 e. The molecule has 0 saturated carbocycles. The van der Waals surface area contributed by atoms with Crippen molar-refractivity contribution in [1.82, 2.24) is 4.90 Å². The summed E-state index contributed by atoms with van der Waals surface area (Å²) in [7, 11) is 1.67. The summed E-state index contributed by atoms with van der Waals surface area (Å²) in [5, 5.41) is 0. The molecule has 0 unspecified atom stereocenters. The van der Waals surface area contributed by atoms with E-state index in [2.05, 4.69) is 18.7 Å². The van der Waals surface area contributed by atoms with E-state index in [-0.39, 0.29) is 0 Å². The Kier molecular flexibility index (Phi) is 13.7. The zero-order chi connectivity index (χ0) is 15.2. The average molecular weight is 289 g/mol. The summed E-state index contributed by atoms with van der Waals surface area (Å²) < 4.78 is 15.4. The Morgan fingerprint density at radius 3 is 1.85 bits per heavy atom. The van der Waals surface area contributed by atoms with Crippen LogP contribution in [0.4, 0.5) is 0 Å². The number of nitrogens with zero attached hydrogens (tertiary/aromatic N) is 1. The quantitative estimate of drug-likeness (QED) is 0.643. The third-order valence-electron chi connectivity index (χ3n) is 3.05. The van der Waals surface area contributed by atoms with Crippen molar-refractivity contribution in [2.75, 3.05) is 46.6 Å². The molecular formula is C16H35NO3. The molecule has 0 amide bonds. The lowest BCUT2D eigenvalue weighted by Gasteiger charge is -2.26. The van der Waals surface area contributed by atoms with Gasteiger partial charge in [-0.3, -0.25) is 0 Å². The summed E-state index contributed by atoms with van der Waals surface area (Å²) in [5.74, 6) is 0. The van der Waals surface area contributed by atoms with Gasteiger partial charge in [-0.25, -0.2) is 0 Å². The van der Waals surface area contributed by atoms with Gasteiger partial charge >= 0.3 is 0 Å². The van der Waals surface area contributed by atoms with Crippen molar-refractivity contribution in [1.29, 1.82) is 0 Å². The summed E-state index contributed by atoms with van der Waals surface area (Å²) in [6.07, 6.45) is 4.88. The Hall–Kier alpha value is -0.160. The molecule has 0 N–H and O–H groups in total. The fourth-order valence-electron chi connectivity index (χ4n) is 1.97. The second-order valence-electron chi connectivity index (χ2n) is 5.73. The molecule has 0 aliphatic carbocycles. The van der Waals surface area contributed by atoms with Gasteiger partial charge in [-0.2, -0.15) is 0 Å². The molecule has 0 aromatic rings. The zero-order valence-electron chi connectivity index (χ0n) is 14.2. The predicted octanol–water partition coefficient (Wildman–Crippen LogP) is 2.96. The summed E-state index contributed by atoms with van der Waals surface area (Å²) in [6, 6.07) is 0. The van der Waals surface area contributed by atoms with Gasteiger partial charge in [-0.15, -0.1) is 0 Å². The van der Waals surface area contributed by atoms with E-state index in [4.69, 9.17) is 14.2 Å². The highest BCUT2D eigenvalue weighted by molar-refractivity contribution is 4.63. The summed E-state index contributed by atoms with van der Waals surface area (Å²) in [6.45, 7) is 14.2. The van der Waals surface area contributed by atoms with Gasteiger partial charge in [0.2, 0.25) is 0 Å². The van der Waals surface area contributed by atoms with Crippen LogP contribution in [0.1, 0.15) is 47.0 Å². The van der Waals surface area contributed by atoms with Crippen LogP contribution in [0.15, 0.2) is 0 Å². The highest BCUT2D eigenvalue weighted by atomic mass is 16.5. The molecule has 4 nitrogen and oxygen atoms in total. The van der Waals surface area contributed by atoms with Gasteiger partial charge in [0.1, 0.15) is 0 Å². The monoisotopic (exact) mass is 289 g/mol. The molecule has 1 aliphatic rings. The van der Waals surface area contributed by atoms with Gasteiger partial charge in [-0.05, 0) is 53.6 Å². The van der Waals surface area contributed by atoms with E-state index in [0.717, 1.165) is 13.2 Å². The number of hydrogen-bond acceptors (Lipinski definition) is 4. The van der Waals surface area contributed by atoms with Gasteiger partial charge in [0.15, 0.2) is 0 Å². The van der Waals surface area contributed by atoms with Gasteiger partial charge in [0.05, 0.1) is 32.0 Å². The molecule has 0 aromatic heterocycles. The van der Waals surface area contributed by atoms with E-state index in [1.807, 2.05) is 13.8 Å². The third-order valence-corrected chi connectivity index (χ3v) is 3.05. The topological polar surface area (TPSA) is 30.9 Å². The van der Waals surface area contributed by atoms with Crippen LogP contribution in [0.3, 0.4) is 0 Å². The van der Waals surface area contributed by atoms with Crippen molar-refractivity contribution >= 4 is 0 Å². The summed E-state index contributed by atoms with van der Waals surface area (Å²) in [5.41, 5.74) is 0. The number of likely N-dealkylation sites (tertiary alicyclic amines) is 1. The molecule has 1 heterocycles. The molecule has 1 saturated heterocycles. The Bertz CT molecular complexity index is 192. The van der Waals surface area contributed by atoms with E-state index in [1.165, 1.54) is 32.4 Å². The van der Waals surface area contributed by atoms with Crippen molar-refractivity contribution in [2.24, 2.45) is 0 Å². The van der Waals surface area contributed by atoms with Crippen LogP contribution in [-0.2, 0) is 14.2 Å². The number of methoxy groups -OCH3 is 1. The van der Waals surface area contributed by atoms with Gasteiger partial charge in [-0.1, -0.05) is 6.42 Å². The first-order valence-electron chi connectivity index (χ1n) is 8.00. The Morgan fingerprint density at radius 1 is 0.800 bits per heavy atom. The van der Waals surface area contributed by atoms with E-state index in [9.17, 15) is 0 Å². The van der Waals surface area contributed by atoms with E-state index in [0.29, 0.717) is 25.4 Å². The van der Waals surface area contributed by atoms with Gasteiger partial charge in [0.25, 0.3) is 0 Å². The lowest BCUT2D eigenvalue weighted by molar-refractivity contribution is 0.0351. The summed E-state index contributed by atoms with van der Waals surface area (Å²) in [4.78, 5) is 2.51. The Morgan fingerprint density at radius 2 is 1.35 bits per heavy atom. The van der Waals surface area contributed by atoms with Crippen LogP contribution >= 0.6 is 0 Å². The zero-order valence-corrected chi connectivity index (χ0v) is 14.2. The number of ether oxygens (including phenoxy) is 3. The van der Waals surface area contributed by atoms with E-state index >= 15 is 0 Å². The molecule has 20 heavy (non-hydrogen) atoms. The molecule has 4 heteroatoms. The second-order valence-corrected chi connectivity index (χ2v) is 5.73. The lowest BCUT2D eigenvalue weighted by atomic mass is 10.1. The van der Waals surface area contributed by atoms with Crippen LogP contribution in [0.5, 0.6) is 0 Å². The molecule has 1 rings (SSSR count). The first kappa shape index (κ1) is 19.8. The van der Waals surface area contributed by atoms with Crippen LogP contribution in [-0.4, -0.2) is 63.7 Å². The third kappa shape index (κ3) is 14.3. The standard InChI is InChI=1S/C10H21NO.C6H14O2/c1-10(2)12-9-8-11-6-4-3-5-7-11;1-6(2)8-5-4-7-3/h10H,3-9H2,1-2H3;6H,4-5H2,1-3H3. The van der Waals surface area contributed by atoms with Crippen LogP contribution < -0.4 is 0 Å². The minimum atomic E-state index is 0.324. The van der Waals surface area contributed by atoms with Crippen molar-refractivity contribution < 1.29 is 14.2 Å². The molecule has 1 aliphatic heterocycles. The number of piperidine rings is 1. The largest absolute Gasteiger partial charge is 0.382 e. The fourth-order valence-corrected chi connectivity index (χ4v) is 1.97. The Balaban J connectivity index is 0.000000396. The minimum absolute atomic E-state index is 0.324. The smallest absolute Gasteiger partial charge is 0.0703 e. The number of hydrogen-bond donors (Lipinski definition) is 0. The predicted molar refractivity (Wildman–Crippen MR) is 84.3 cm³/mol. The van der Waals surface area contributed by atoms with Gasteiger partial charge in [0, 0.05) is 13.7 Å². The van der Waals surface area contributed by atoms with Crippen LogP contribution in [0, 0.1) is 0 Å². The average Bonchev–Trinajstić information content (AvgIpc) is 2.40. The van der Waals surface area contributed by atoms with Crippen molar-refractivity contribution in [2.45, 2.75) is 59.2 Å². The van der Waals surface area contributed by atoms with Crippen LogP contribution in [0.25, 0.3) is 0 Å². The molecule has 1 fully saturated rings. The number of rotatable bonds is 8. The second kappa shape index (κ2) is 13.8. The highest BCUT2D eigenvalue weighted by Gasteiger charge is 2.09. The minimum Gasteiger partial charge on any atom is -0.382 e. The Labute approximate surface area is 125 Å². The van der Waals surface area contributed by atoms with Crippen LogP contribution in [0.2, 0.25) is 0 Å². The molecule has 0 atom stereocenters. The molecule has 122 valence electrons. The molecule has 0 bridgehead atoms. The maximum absolute atomic E-state index is 5.50. The SMILES string of the molecule is CC(C)OCCN1CCCCC1.COCCOC(C)C. The molecular weight excluding hydrogens is 254 g/mol.